The molecular weight excluding hydrogens is 214 g/mol. The summed E-state index contributed by atoms with van der Waals surface area (Å²) < 4.78 is 0.966. The molecule has 7 heteroatoms. The molecule has 0 fully saturated rings. The number of hydrogen-bond acceptors (Lipinski definition) is 5. The second-order valence-electron chi connectivity index (χ2n) is 2.78. The SMILES string of the molecule is NNC(=O)N(N)c1nc2ccccc2s1. The first-order chi connectivity index (χ1) is 7.22. The van der Waals surface area contributed by atoms with Gasteiger partial charge in [0, 0.05) is 0 Å². The number of fused-ring (bicyclic) bond motifs is 1. The number of hydrazine groups is 2. The molecule has 0 unspecified atom stereocenters. The second kappa shape index (κ2) is 3.81. The number of nitrogens with one attached hydrogen (secondary N) is 1. The van der Waals surface area contributed by atoms with Crippen LogP contribution in [0.3, 0.4) is 0 Å². The fourth-order valence-electron chi connectivity index (χ4n) is 1.12. The molecule has 0 aliphatic heterocycles. The summed E-state index contributed by atoms with van der Waals surface area (Å²) in [6, 6.07) is 6.92. The lowest BCUT2D eigenvalue weighted by molar-refractivity contribution is 0.246. The molecule has 78 valence electrons. The zero-order valence-corrected chi connectivity index (χ0v) is 8.49. The second-order valence-corrected chi connectivity index (χ2v) is 3.79. The number of nitrogens with zero attached hydrogens (tertiary/aromatic N) is 2. The molecule has 5 N–H and O–H groups in total. The van der Waals surface area contributed by atoms with E-state index < -0.39 is 6.03 Å². The minimum atomic E-state index is -0.603. The molecule has 0 radical (unpaired) electrons. The van der Waals surface area contributed by atoms with E-state index in [9.17, 15) is 4.79 Å². The maximum atomic E-state index is 11.1. The van der Waals surface area contributed by atoms with Crippen LogP contribution < -0.4 is 22.1 Å². The fraction of sp³-hybridized carbons (Fsp3) is 0. The number of rotatable bonds is 1. The predicted octanol–water partition coefficient (Wildman–Crippen LogP) is 0.560. The number of carbonyl (C=O) groups is 1. The Hall–Kier alpha value is -1.70. The number of anilines is 1. The number of amides is 2. The Kier molecular flexibility index (Phi) is 2.50. The molecule has 2 rings (SSSR count). The molecule has 6 nitrogen and oxygen atoms in total. The minimum absolute atomic E-state index is 0.402. The molecule has 0 aliphatic carbocycles. The van der Waals surface area contributed by atoms with E-state index in [1.807, 2.05) is 29.7 Å². The van der Waals surface area contributed by atoms with Gasteiger partial charge in [-0.05, 0) is 12.1 Å². The lowest BCUT2D eigenvalue weighted by Crippen LogP contribution is -2.47. The molecule has 1 heterocycles. The van der Waals surface area contributed by atoms with Crippen LogP contribution in [0, 0.1) is 0 Å². The van der Waals surface area contributed by atoms with Gasteiger partial charge < -0.3 is 0 Å². The van der Waals surface area contributed by atoms with Crippen LogP contribution in [0.1, 0.15) is 0 Å². The Balaban J connectivity index is 2.40. The Labute approximate surface area is 89.4 Å². The summed E-state index contributed by atoms with van der Waals surface area (Å²) in [4.78, 5) is 15.3. The number of urea groups is 1. The van der Waals surface area contributed by atoms with Crippen LogP contribution in [-0.4, -0.2) is 11.0 Å². The van der Waals surface area contributed by atoms with Gasteiger partial charge in [-0.2, -0.15) is 0 Å². The van der Waals surface area contributed by atoms with Crippen LogP contribution in [0.4, 0.5) is 9.93 Å². The Morgan fingerprint density at radius 1 is 1.47 bits per heavy atom. The van der Waals surface area contributed by atoms with Crippen molar-refractivity contribution in [1.82, 2.24) is 10.4 Å². The van der Waals surface area contributed by atoms with Crippen LogP contribution in [0.5, 0.6) is 0 Å². The van der Waals surface area contributed by atoms with Gasteiger partial charge >= 0.3 is 6.03 Å². The van der Waals surface area contributed by atoms with Gasteiger partial charge in [-0.15, -0.1) is 0 Å². The van der Waals surface area contributed by atoms with Crippen molar-refractivity contribution in [2.45, 2.75) is 0 Å². The zero-order valence-electron chi connectivity index (χ0n) is 7.68. The van der Waals surface area contributed by atoms with Gasteiger partial charge in [-0.25, -0.2) is 26.5 Å². The highest BCUT2D eigenvalue weighted by molar-refractivity contribution is 7.22. The monoisotopic (exact) mass is 223 g/mol. The van der Waals surface area contributed by atoms with Crippen molar-refractivity contribution >= 4 is 32.7 Å². The number of hydrogen-bond donors (Lipinski definition) is 3. The number of nitrogens with two attached hydrogens (primary N) is 2. The largest absolute Gasteiger partial charge is 0.352 e. The number of benzene rings is 1. The van der Waals surface area contributed by atoms with Gasteiger partial charge in [0.1, 0.15) is 0 Å². The van der Waals surface area contributed by atoms with E-state index in [4.69, 9.17) is 11.7 Å². The van der Waals surface area contributed by atoms with Gasteiger partial charge in [-0.1, -0.05) is 23.5 Å². The molecule has 0 spiro atoms. The summed E-state index contributed by atoms with van der Waals surface area (Å²) in [5.74, 6) is 10.5. The van der Waals surface area contributed by atoms with Crippen molar-refractivity contribution in [2.75, 3.05) is 5.01 Å². The molecule has 15 heavy (non-hydrogen) atoms. The summed E-state index contributed by atoms with van der Waals surface area (Å²) in [7, 11) is 0. The summed E-state index contributed by atoms with van der Waals surface area (Å²) >= 11 is 1.32. The lowest BCUT2D eigenvalue weighted by atomic mass is 10.3. The van der Waals surface area contributed by atoms with E-state index in [1.54, 1.807) is 0 Å². The van der Waals surface area contributed by atoms with Crippen molar-refractivity contribution in [3.8, 4) is 0 Å². The third-order valence-corrected chi connectivity index (χ3v) is 2.87. The average molecular weight is 223 g/mol. The van der Waals surface area contributed by atoms with E-state index in [1.165, 1.54) is 11.3 Å². The van der Waals surface area contributed by atoms with Gasteiger partial charge in [0.05, 0.1) is 10.2 Å². The minimum Gasteiger partial charge on any atom is -0.274 e. The molecule has 1 aromatic heterocycles. The van der Waals surface area contributed by atoms with E-state index in [0.717, 1.165) is 15.2 Å². The third-order valence-electron chi connectivity index (χ3n) is 1.83. The molecular formula is C8H9N5OS. The molecule has 0 atom stereocenters. The van der Waals surface area contributed by atoms with E-state index in [-0.39, 0.29) is 0 Å². The van der Waals surface area contributed by atoms with Gasteiger partial charge in [0.2, 0.25) is 5.13 Å². The zero-order chi connectivity index (χ0) is 10.8. The maximum Gasteiger partial charge on any atom is 0.352 e. The first-order valence-corrected chi connectivity index (χ1v) is 4.95. The van der Waals surface area contributed by atoms with E-state index >= 15 is 0 Å². The summed E-state index contributed by atoms with van der Waals surface area (Å²) in [6.45, 7) is 0. The molecule has 0 saturated heterocycles. The third kappa shape index (κ3) is 1.75. The lowest BCUT2D eigenvalue weighted by Gasteiger charge is -2.10. The first-order valence-electron chi connectivity index (χ1n) is 4.13. The highest BCUT2D eigenvalue weighted by Gasteiger charge is 2.14. The smallest absolute Gasteiger partial charge is 0.274 e. The van der Waals surface area contributed by atoms with Gasteiger partial charge in [0.25, 0.3) is 0 Å². The van der Waals surface area contributed by atoms with Crippen molar-refractivity contribution in [3.63, 3.8) is 0 Å². The van der Waals surface area contributed by atoms with Crippen LogP contribution in [0.15, 0.2) is 24.3 Å². The number of carbonyl (C=O) groups excluding carboxylic acids is 1. The normalized spacial score (nSPS) is 10.3. The summed E-state index contributed by atoms with van der Waals surface area (Å²) in [6.07, 6.45) is 0. The Morgan fingerprint density at radius 2 is 2.20 bits per heavy atom. The molecule has 1 aromatic carbocycles. The van der Waals surface area contributed by atoms with Crippen LogP contribution in [0.25, 0.3) is 10.2 Å². The number of thiazole rings is 1. The molecule has 0 aliphatic rings. The van der Waals surface area contributed by atoms with Gasteiger partial charge in [0.15, 0.2) is 0 Å². The standard InChI is InChI=1S/C8H9N5OS/c9-12-7(14)13(10)8-11-5-3-1-2-4-6(5)15-8/h1-4H,9-10H2,(H,12,14). The summed E-state index contributed by atoms with van der Waals surface area (Å²) in [5, 5.41) is 1.28. The Morgan fingerprint density at radius 3 is 2.87 bits per heavy atom. The predicted molar refractivity (Wildman–Crippen MR) is 59.0 cm³/mol. The number of para-hydroxylation sites is 1. The van der Waals surface area contributed by atoms with E-state index in [0.29, 0.717) is 5.13 Å². The van der Waals surface area contributed by atoms with Crippen LogP contribution in [-0.2, 0) is 0 Å². The highest BCUT2D eigenvalue weighted by atomic mass is 32.1. The quantitative estimate of drug-likeness (QED) is 0.374. The molecule has 2 aromatic rings. The average Bonchev–Trinajstić information content (AvgIpc) is 2.70. The number of aromatic nitrogens is 1. The maximum absolute atomic E-state index is 11.1. The van der Waals surface area contributed by atoms with Crippen LogP contribution >= 0.6 is 11.3 Å². The molecule has 2 amide bonds. The fourth-order valence-corrected chi connectivity index (χ4v) is 2.01. The molecule has 0 saturated carbocycles. The van der Waals surface area contributed by atoms with Gasteiger partial charge in [-0.3, -0.25) is 5.43 Å². The Bertz CT molecular complexity index is 463. The van der Waals surface area contributed by atoms with E-state index in [2.05, 4.69) is 4.98 Å². The summed E-state index contributed by atoms with van der Waals surface area (Å²) in [5.41, 5.74) is 2.74. The van der Waals surface area contributed by atoms with Crippen molar-refractivity contribution in [3.05, 3.63) is 24.3 Å². The van der Waals surface area contributed by atoms with Crippen LogP contribution in [0.2, 0.25) is 0 Å². The topological polar surface area (TPSA) is 97.3 Å². The van der Waals surface area contributed by atoms with Crippen molar-refractivity contribution in [2.24, 2.45) is 11.7 Å². The van der Waals surface area contributed by atoms with Crippen molar-refractivity contribution < 1.29 is 4.79 Å². The van der Waals surface area contributed by atoms with Crippen molar-refractivity contribution in [1.29, 1.82) is 0 Å². The molecule has 0 bridgehead atoms. The highest BCUT2D eigenvalue weighted by Crippen LogP contribution is 2.26. The first kappa shape index (κ1) is 9.84.